The third-order valence-corrected chi connectivity index (χ3v) is 4.58. The van der Waals surface area contributed by atoms with Gasteiger partial charge in [-0.25, -0.2) is 13.9 Å². The summed E-state index contributed by atoms with van der Waals surface area (Å²) in [7, 11) is 0. The van der Waals surface area contributed by atoms with Crippen molar-refractivity contribution in [3.05, 3.63) is 41.4 Å². The Balaban J connectivity index is 1.60. The fourth-order valence-electron chi connectivity index (χ4n) is 2.99. The first-order valence-electron chi connectivity index (χ1n) is 9.41. The van der Waals surface area contributed by atoms with Crippen LogP contribution < -0.4 is 10.1 Å². The third kappa shape index (κ3) is 6.08. The molecular weight excluding hydrogens is 401 g/mol. The largest absolute Gasteiger partial charge is 0.490 e. The van der Waals surface area contributed by atoms with Crippen LogP contribution >= 0.6 is 11.6 Å². The third-order valence-electron chi connectivity index (χ3n) is 4.39. The Labute approximate surface area is 174 Å². The SMILES string of the molecule is CC(C)(C)OC(=O)N[C@H]1COCC[C@@H]1COc1ccc(-n2cc(Cl)cn2)cc1F. The van der Waals surface area contributed by atoms with Crippen LogP contribution in [0.4, 0.5) is 9.18 Å². The Morgan fingerprint density at radius 1 is 1.45 bits per heavy atom. The summed E-state index contributed by atoms with van der Waals surface area (Å²) in [6.45, 7) is 6.56. The van der Waals surface area contributed by atoms with Crippen LogP contribution in [-0.4, -0.2) is 47.3 Å². The first-order chi connectivity index (χ1) is 13.7. The highest BCUT2D eigenvalue weighted by Gasteiger charge is 2.29. The molecule has 0 unspecified atom stereocenters. The maximum absolute atomic E-state index is 14.5. The van der Waals surface area contributed by atoms with Gasteiger partial charge in [0.05, 0.1) is 36.2 Å². The number of ether oxygens (including phenoxy) is 3. The quantitative estimate of drug-likeness (QED) is 0.784. The van der Waals surface area contributed by atoms with E-state index in [4.69, 9.17) is 25.8 Å². The van der Waals surface area contributed by atoms with Crippen LogP contribution in [0.2, 0.25) is 5.02 Å². The summed E-state index contributed by atoms with van der Waals surface area (Å²) in [5.41, 5.74) is -0.0489. The molecular formula is C20H25ClFN3O4. The van der Waals surface area contributed by atoms with E-state index in [1.165, 1.54) is 16.9 Å². The zero-order valence-corrected chi connectivity index (χ0v) is 17.4. The summed E-state index contributed by atoms with van der Waals surface area (Å²) >= 11 is 5.85. The summed E-state index contributed by atoms with van der Waals surface area (Å²) in [5, 5.41) is 7.34. The molecule has 158 valence electrons. The maximum atomic E-state index is 14.5. The molecule has 1 saturated heterocycles. The van der Waals surface area contributed by atoms with Crippen molar-refractivity contribution < 1.29 is 23.4 Å². The molecule has 7 nitrogen and oxygen atoms in total. The second-order valence-electron chi connectivity index (χ2n) is 7.91. The highest BCUT2D eigenvalue weighted by atomic mass is 35.5. The molecule has 0 spiro atoms. The number of benzene rings is 1. The highest BCUT2D eigenvalue weighted by molar-refractivity contribution is 6.30. The zero-order chi connectivity index (χ0) is 21.0. The number of nitrogens with zero attached hydrogens (tertiary/aromatic N) is 2. The molecule has 2 aromatic rings. The van der Waals surface area contributed by atoms with Gasteiger partial charge in [-0.05, 0) is 39.3 Å². The van der Waals surface area contributed by atoms with Crippen LogP contribution in [-0.2, 0) is 9.47 Å². The fraction of sp³-hybridized carbons (Fsp3) is 0.500. The van der Waals surface area contributed by atoms with Crippen molar-refractivity contribution in [2.45, 2.75) is 38.8 Å². The predicted molar refractivity (Wildman–Crippen MR) is 106 cm³/mol. The monoisotopic (exact) mass is 425 g/mol. The molecule has 1 aliphatic heterocycles. The molecule has 2 atom stereocenters. The molecule has 1 aromatic heterocycles. The van der Waals surface area contributed by atoms with Gasteiger partial charge in [0.1, 0.15) is 5.60 Å². The average Bonchev–Trinajstić information content (AvgIpc) is 3.06. The fourth-order valence-corrected chi connectivity index (χ4v) is 3.12. The van der Waals surface area contributed by atoms with Crippen molar-refractivity contribution in [1.82, 2.24) is 15.1 Å². The molecule has 1 N–H and O–H groups in total. The van der Waals surface area contributed by atoms with E-state index in [1.54, 1.807) is 39.1 Å². The van der Waals surface area contributed by atoms with Gasteiger partial charge >= 0.3 is 6.09 Å². The summed E-state index contributed by atoms with van der Waals surface area (Å²) in [6.07, 6.45) is 3.25. The van der Waals surface area contributed by atoms with Gasteiger partial charge in [0.25, 0.3) is 0 Å². The lowest BCUT2D eigenvalue weighted by molar-refractivity contribution is 0.00704. The lowest BCUT2D eigenvalue weighted by atomic mass is 9.96. The van der Waals surface area contributed by atoms with E-state index >= 15 is 0 Å². The molecule has 1 aromatic carbocycles. The summed E-state index contributed by atoms with van der Waals surface area (Å²) in [6, 6.07) is 4.31. The normalized spacial score (nSPS) is 19.6. The zero-order valence-electron chi connectivity index (χ0n) is 16.7. The van der Waals surface area contributed by atoms with Gasteiger partial charge in [-0.2, -0.15) is 5.10 Å². The van der Waals surface area contributed by atoms with Gasteiger partial charge in [-0.1, -0.05) is 11.6 Å². The molecule has 3 rings (SSSR count). The Bertz CT molecular complexity index is 852. The number of nitrogens with one attached hydrogen (secondary N) is 1. The van der Waals surface area contributed by atoms with E-state index in [0.717, 1.165) is 0 Å². The standard InChI is InChI=1S/C20H25ClFN3O4/c1-20(2,3)29-19(26)24-17-12-27-7-6-13(17)11-28-18-5-4-15(8-16(18)22)25-10-14(21)9-23-25/h4-5,8-10,13,17H,6-7,11-12H2,1-3H3,(H,24,26)/t13-,17+/m1/s1. The predicted octanol–water partition coefficient (Wildman–Crippen LogP) is 3.97. The van der Waals surface area contributed by atoms with Crippen LogP contribution in [0.1, 0.15) is 27.2 Å². The molecule has 0 bridgehead atoms. The number of hydrogen-bond donors (Lipinski definition) is 1. The minimum atomic E-state index is -0.588. The number of rotatable bonds is 5. The van der Waals surface area contributed by atoms with Crippen molar-refractivity contribution in [2.24, 2.45) is 5.92 Å². The van der Waals surface area contributed by atoms with Crippen molar-refractivity contribution >= 4 is 17.7 Å². The molecule has 9 heteroatoms. The minimum Gasteiger partial charge on any atom is -0.490 e. The lowest BCUT2D eigenvalue weighted by Gasteiger charge is -2.32. The van der Waals surface area contributed by atoms with Crippen LogP contribution in [0.25, 0.3) is 5.69 Å². The molecule has 0 aliphatic carbocycles. The van der Waals surface area contributed by atoms with Crippen molar-refractivity contribution in [2.75, 3.05) is 19.8 Å². The van der Waals surface area contributed by atoms with E-state index in [2.05, 4.69) is 10.4 Å². The smallest absolute Gasteiger partial charge is 0.407 e. The Morgan fingerprint density at radius 2 is 2.24 bits per heavy atom. The molecule has 1 fully saturated rings. The van der Waals surface area contributed by atoms with E-state index in [-0.39, 0.29) is 24.3 Å². The van der Waals surface area contributed by atoms with Gasteiger partial charge in [0, 0.05) is 24.8 Å². The Kier molecular flexibility index (Phi) is 6.64. The molecule has 0 radical (unpaired) electrons. The molecule has 2 heterocycles. The van der Waals surface area contributed by atoms with Crippen LogP contribution in [0.15, 0.2) is 30.6 Å². The number of amides is 1. The Morgan fingerprint density at radius 3 is 2.90 bits per heavy atom. The highest BCUT2D eigenvalue weighted by Crippen LogP contribution is 2.24. The second kappa shape index (κ2) is 9.00. The van der Waals surface area contributed by atoms with Gasteiger partial charge in [-0.3, -0.25) is 0 Å². The molecule has 1 aliphatic rings. The first-order valence-corrected chi connectivity index (χ1v) is 9.79. The number of halogens is 2. The molecule has 29 heavy (non-hydrogen) atoms. The van der Waals surface area contributed by atoms with Crippen molar-refractivity contribution in [3.8, 4) is 11.4 Å². The average molecular weight is 426 g/mol. The van der Waals surface area contributed by atoms with Gasteiger partial charge in [-0.15, -0.1) is 0 Å². The van der Waals surface area contributed by atoms with Crippen molar-refractivity contribution in [1.29, 1.82) is 0 Å². The molecule has 1 amide bonds. The number of carbonyl (C=O) groups is 1. The number of carbonyl (C=O) groups excluding carboxylic acids is 1. The van der Waals surface area contributed by atoms with Crippen molar-refractivity contribution in [3.63, 3.8) is 0 Å². The van der Waals surface area contributed by atoms with Crippen LogP contribution in [0, 0.1) is 11.7 Å². The minimum absolute atomic E-state index is 0.0275. The number of alkyl carbamates (subject to hydrolysis) is 1. The summed E-state index contributed by atoms with van der Waals surface area (Å²) in [5.74, 6) is -0.396. The van der Waals surface area contributed by atoms with E-state index in [9.17, 15) is 9.18 Å². The summed E-state index contributed by atoms with van der Waals surface area (Å²) < 4.78 is 32.4. The van der Waals surface area contributed by atoms with Crippen LogP contribution in [0.3, 0.4) is 0 Å². The van der Waals surface area contributed by atoms with E-state index < -0.39 is 17.5 Å². The van der Waals surface area contributed by atoms with Gasteiger partial charge in [0.15, 0.2) is 11.6 Å². The van der Waals surface area contributed by atoms with Crippen LogP contribution in [0.5, 0.6) is 5.75 Å². The first kappa shape index (κ1) is 21.4. The maximum Gasteiger partial charge on any atom is 0.407 e. The van der Waals surface area contributed by atoms with Gasteiger partial charge < -0.3 is 19.5 Å². The van der Waals surface area contributed by atoms with Gasteiger partial charge in [0.2, 0.25) is 0 Å². The number of aromatic nitrogens is 2. The van der Waals surface area contributed by atoms with E-state index in [0.29, 0.717) is 30.3 Å². The number of hydrogen-bond acceptors (Lipinski definition) is 5. The molecule has 0 saturated carbocycles. The Hall–Kier alpha value is -2.32. The second-order valence-corrected chi connectivity index (χ2v) is 8.34. The lowest BCUT2D eigenvalue weighted by Crippen LogP contribution is -2.49. The summed E-state index contributed by atoms with van der Waals surface area (Å²) in [4.78, 5) is 12.1. The van der Waals surface area contributed by atoms with E-state index in [1.807, 2.05) is 0 Å². The topological polar surface area (TPSA) is 74.6 Å².